The molecule has 5 N–H and O–H groups in total. The summed E-state index contributed by atoms with van der Waals surface area (Å²) in [6.07, 6.45) is 22.2. The molecule has 12 nitrogen and oxygen atoms in total. The number of rotatable bonds is 43. The number of carboxylic acid groups (broad SMARTS) is 2. The van der Waals surface area contributed by atoms with Crippen LogP contribution in [0.5, 0.6) is 0 Å². The Hall–Kier alpha value is -2.19. The lowest BCUT2D eigenvalue weighted by atomic mass is 9.95. The number of carbonyl (C=O) groups is 3. The minimum atomic E-state index is -0.715. The van der Waals surface area contributed by atoms with E-state index in [1.807, 2.05) is 6.92 Å². The molecule has 2 radical (unpaired) electrons. The fraction of sp³-hybridized carbons (Fsp3) is 0.875. The summed E-state index contributed by atoms with van der Waals surface area (Å²) in [5.74, 6) is -1.85. The summed E-state index contributed by atoms with van der Waals surface area (Å²) in [6, 6.07) is 0.279. The van der Waals surface area contributed by atoms with Gasteiger partial charge >= 0.3 is 11.9 Å². The Morgan fingerprint density at radius 2 is 1.08 bits per heavy atom. The van der Waals surface area contributed by atoms with E-state index in [0.717, 1.165) is 69.9 Å². The summed E-state index contributed by atoms with van der Waals surface area (Å²) >= 11 is 0. The average molecular weight is 754 g/mol. The summed E-state index contributed by atoms with van der Waals surface area (Å²) in [7, 11) is 5.36. The maximum absolute atomic E-state index is 11.8. The Morgan fingerprint density at radius 3 is 1.62 bits per heavy atom. The van der Waals surface area contributed by atoms with Gasteiger partial charge in [0.25, 0.3) is 0 Å². The van der Waals surface area contributed by atoms with Crippen molar-refractivity contribution in [3.8, 4) is 0 Å². The van der Waals surface area contributed by atoms with Crippen molar-refractivity contribution >= 4 is 25.8 Å². The van der Waals surface area contributed by atoms with Crippen LogP contribution in [0.3, 0.4) is 0 Å². The van der Waals surface area contributed by atoms with Gasteiger partial charge in [0.2, 0.25) is 5.91 Å². The highest BCUT2D eigenvalue weighted by atomic mass is 16.5. The van der Waals surface area contributed by atoms with Crippen LogP contribution in [0.15, 0.2) is 12.3 Å². The molecule has 0 aliphatic rings. The molecule has 13 heteroatoms. The molecule has 0 saturated heterocycles. The minimum Gasteiger partial charge on any atom is -0.481 e. The minimum absolute atomic E-state index is 0.0363. The lowest BCUT2D eigenvalue weighted by Gasteiger charge is -2.14. The average Bonchev–Trinajstić information content (AvgIpc) is 3.13. The fourth-order valence-corrected chi connectivity index (χ4v) is 5.82. The normalized spacial score (nSPS) is 12.4. The smallest absolute Gasteiger partial charge is 0.306 e. The van der Waals surface area contributed by atoms with Crippen LogP contribution in [0.2, 0.25) is 0 Å². The molecule has 0 aromatic heterocycles. The number of carbonyl (C=O) groups excluding carboxylic acids is 1. The van der Waals surface area contributed by atoms with Gasteiger partial charge in [-0.15, -0.1) is 0 Å². The molecule has 0 aromatic rings. The second kappa shape index (κ2) is 39.5. The van der Waals surface area contributed by atoms with Gasteiger partial charge in [0, 0.05) is 38.4 Å². The summed E-state index contributed by atoms with van der Waals surface area (Å²) < 4.78 is 22.0. The molecule has 2 atom stereocenters. The topological polar surface area (TPSA) is 165 Å². The predicted octanol–water partition coefficient (Wildman–Crippen LogP) is 6.70. The van der Waals surface area contributed by atoms with Crippen LogP contribution in [0.1, 0.15) is 148 Å². The SMILES string of the molecule is [B]NC(C)CCCCNC(=O)COCCOCCCOCCOCCNC(=C)CCC(CCCCCCCCCCCCCCCCC(=O)O)C(=O)O. The third-order valence-electron chi connectivity index (χ3n) is 9.18. The van der Waals surface area contributed by atoms with Gasteiger partial charge in [-0.3, -0.25) is 14.4 Å². The number of nitrogens with one attached hydrogen (secondary N) is 3. The molecular weight excluding hydrogens is 677 g/mol. The Morgan fingerprint density at radius 1 is 0.566 bits per heavy atom. The predicted molar refractivity (Wildman–Crippen MR) is 212 cm³/mol. The molecule has 0 rings (SSSR count). The molecular formula is C40H76BN3O9. The first kappa shape index (κ1) is 50.8. The first-order valence-corrected chi connectivity index (χ1v) is 20.7. The number of ether oxygens (including phenoxy) is 4. The van der Waals surface area contributed by atoms with Gasteiger partial charge in [-0.1, -0.05) is 103 Å². The zero-order valence-corrected chi connectivity index (χ0v) is 33.3. The van der Waals surface area contributed by atoms with Crippen LogP contribution in [-0.2, 0) is 33.3 Å². The van der Waals surface area contributed by atoms with Crippen LogP contribution in [0, 0.1) is 5.92 Å². The molecule has 2 unspecified atom stereocenters. The quantitative estimate of drug-likeness (QED) is 0.0333. The lowest BCUT2D eigenvalue weighted by Crippen LogP contribution is -2.29. The Kier molecular flexibility index (Phi) is 37.9. The zero-order valence-electron chi connectivity index (χ0n) is 33.3. The van der Waals surface area contributed by atoms with Crippen molar-refractivity contribution < 1.29 is 43.5 Å². The van der Waals surface area contributed by atoms with E-state index in [0.29, 0.717) is 78.6 Å². The third kappa shape index (κ3) is 39.3. The van der Waals surface area contributed by atoms with Crippen molar-refractivity contribution in [2.75, 3.05) is 65.9 Å². The molecule has 0 heterocycles. The summed E-state index contributed by atoms with van der Waals surface area (Å²) in [5.41, 5.74) is 0.845. The van der Waals surface area contributed by atoms with Gasteiger partial charge in [-0.05, 0) is 51.0 Å². The monoisotopic (exact) mass is 754 g/mol. The van der Waals surface area contributed by atoms with E-state index in [9.17, 15) is 19.5 Å². The van der Waals surface area contributed by atoms with E-state index in [1.165, 1.54) is 57.8 Å². The van der Waals surface area contributed by atoms with Crippen LogP contribution < -0.4 is 15.9 Å². The molecule has 0 aromatic carbocycles. The second-order valence-electron chi connectivity index (χ2n) is 14.1. The first-order valence-electron chi connectivity index (χ1n) is 20.7. The molecule has 308 valence electrons. The number of hydrogen-bond donors (Lipinski definition) is 5. The van der Waals surface area contributed by atoms with Crippen molar-refractivity contribution in [2.24, 2.45) is 5.92 Å². The molecule has 0 aliphatic heterocycles. The van der Waals surface area contributed by atoms with E-state index < -0.39 is 11.9 Å². The summed E-state index contributed by atoms with van der Waals surface area (Å²) in [4.78, 5) is 34.0. The van der Waals surface area contributed by atoms with Gasteiger partial charge in [0.1, 0.15) is 6.61 Å². The highest BCUT2D eigenvalue weighted by Crippen LogP contribution is 2.19. The number of hydrogen-bond acceptors (Lipinski definition) is 9. The Labute approximate surface area is 323 Å². The number of allylic oxidation sites excluding steroid dienone is 1. The van der Waals surface area contributed by atoms with Crippen LogP contribution in [0.4, 0.5) is 0 Å². The van der Waals surface area contributed by atoms with Crippen LogP contribution in [-0.4, -0.2) is 108 Å². The molecule has 0 fully saturated rings. The van der Waals surface area contributed by atoms with E-state index in [1.54, 1.807) is 0 Å². The van der Waals surface area contributed by atoms with Gasteiger partial charge in [-0.25, -0.2) is 0 Å². The molecule has 0 bridgehead atoms. The van der Waals surface area contributed by atoms with Gasteiger partial charge in [0.05, 0.1) is 39.0 Å². The number of carboxylic acids is 2. The van der Waals surface area contributed by atoms with E-state index in [-0.39, 0.29) is 24.5 Å². The van der Waals surface area contributed by atoms with Crippen LogP contribution in [0.25, 0.3) is 0 Å². The lowest BCUT2D eigenvalue weighted by molar-refractivity contribution is -0.142. The first-order chi connectivity index (χ1) is 25.8. The maximum atomic E-state index is 11.8. The zero-order chi connectivity index (χ0) is 39.0. The second-order valence-corrected chi connectivity index (χ2v) is 14.1. The van der Waals surface area contributed by atoms with E-state index in [4.69, 9.17) is 32.0 Å². The third-order valence-corrected chi connectivity index (χ3v) is 9.18. The number of unbranched alkanes of at least 4 members (excludes halogenated alkanes) is 14. The highest BCUT2D eigenvalue weighted by molar-refractivity contribution is 6.04. The van der Waals surface area contributed by atoms with Crippen molar-refractivity contribution in [2.45, 2.75) is 154 Å². The molecule has 53 heavy (non-hydrogen) atoms. The van der Waals surface area contributed by atoms with Crippen LogP contribution >= 0.6 is 0 Å². The van der Waals surface area contributed by atoms with Crippen molar-refractivity contribution in [3.05, 3.63) is 12.3 Å². The number of aliphatic carboxylic acids is 2. The summed E-state index contributed by atoms with van der Waals surface area (Å²) in [6.45, 7) is 10.8. The number of amides is 1. The van der Waals surface area contributed by atoms with Crippen molar-refractivity contribution in [1.82, 2.24) is 15.9 Å². The van der Waals surface area contributed by atoms with Crippen molar-refractivity contribution in [1.29, 1.82) is 0 Å². The van der Waals surface area contributed by atoms with Gasteiger partial charge < -0.3 is 45.0 Å². The molecule has 0 saturated carbocycles. The van der Waals surface area contributed by atoms with Gasteiger partial charge in [-0.2, -0.15) is 0 Å². The Balaban J connectivity index is 3.49. The molecule has 0 spiro atoms. The highest BCUT2D eigenvalue weighted by Gasteiger charge is 2.17. The van der Waals surface area contributed by atoms with Crippen molar-refractivity contribution in [3.63, 3.8) is 0 Å². The summed E-state index contributed by atoms with van der Waals surface area (Å²) in [5, 5.41) is 27.1. The maximum Gasteiger partial charge on any atom is 0.306 e. The van der Waals surface area contributed by atoms with E-state index >= 15 is 0 Å². The molecule has 0 aliphatic carbocycles. The van der Waals surface area contributed by atoms with E-state index in [2.05, 4.69) is 22.4 Å². The standard InChI is InChI=1S/C40H76BN3O9/c1-35(23-24-37(40(48)49)21-15-13-11-9-7-5-3-4-6-8-10-12-14-16-22-39(46)47)42-26-29-52-31-30-50-27-19-28-51-32-33-53-34-38(45)43-25-18-17-20-36(2)44-41/h36-37,42,44H,1,3-34H2,2H3,(H,43,45)(H,46,47)(H,48,49). The fourth-order valence-electron chi connectivity index (χ4n) is 5.82. The molecule has 1 amide bonds. The largest absolute Gasteiger partial charge is 0.481 e. The Bertz CT molecular complexity index is 884. The van der Waals surface area contributed by atoms with Gasteiger partial charge in [0.15, 0.2) is 7.98 Å².